The van der Waals surface area contributed by atoms with Crippen LogP contribution in [0, 0.1) is 6.92 Å². The minimum atomic E-state index is 0.367. The zero-order valence-electron chi connectivity index (χ0n) is 12.3. The predicted molar refractivity (Wildman–Crippen MR) is 79.7 cm³/mol. The van der Waals surface area contributed by atoms with Crippen molar-refractivity contribution in [3.8, 4) is 0 Å². The van der Waals surface area contributed by atoms with E-state index in [9.17, 15) is 0 Å². The van der Waals surface area contributed by atoms with E-state index in [1.807, 2.05) is 0 Å². The lowest BCUT2D eigenvalue weighted by atomic mass is 10.1. The van der Waals surface area contributed by atoms with Gasteiger partial charge in [0, 0.05) is 19.5 Å². The molecule has 1 aliphatic heterocycles. The first-order chi connectivity index (χ1) is 9.79. The molecule has 106 valence electrons. The number of hydrogen-bond donors (Lipinski definition) is 1. The van der Waals surface area contributed by atoms with E-state index in [2.05, 4.69) is 58.2 Å². The van der Waals surface area contributed by atoms with Gasteiger partial charge in [-0.15, -0.1) is 10.2 Å². The summed E-state index contributed by atoms with van der Waals surface area (Å²) < 4.78 is 2.31. The highest BCUT2D eigenvalue weighted by atomic mass is 15.3. The molecule has 4 heteroatoms. The topological polar surface area (TPSA) is 42.7 Å². The quantitative estimate of drug-likeness (QED) is 0.928. The van der Waals surface area contributed by atoms with Gasteiger partial charge in [-0.05, 0) is 24.5 Å². The van der Waals surface area contributed by atoms with Crippen molar-refractivity contribution in [2.75, 3.05) is 6.54 Å². The van der Waals surface area contributed by atoms with Gasteiger partial charge in [0.15, 0.2) is 0 Å². The first-order valence-electron chi connectivity index (χ1n) is 7.49. The molecule has 2 heterocycles. The number of benzene rings is 1. The summed E-state index contributed by atoms with van der Waals surface area (Å²) in [6.07, 6.45) is 3.17. The van der Waals surface area contributed by atoms with Gasteiger partial charge in [0.2, 0.25) is 0 Å². The largest absolute Gasteiger partial charge is 0.312 e. The molecule has 0 spiro atoms. The van der Waals surface area contributed by atoms with Gasteiger partial charge in [-0.3, -0.25) is 0 Å². The van der Waals surface area contributed by atoms with Crippen LogP contribution in [0.1, 0.15) is 48.6 Å². The summed E-state index contributed by atoms with van der Waals surface area (Å²) in [4.78, 5) is 0. The van der Waals surface area contributed by atoms with Crippen LogP contribution in [0.4, 0.5) is 0 Å². The molecular weight excluding hydrogens is 248 g/mol. The average Bonchev–Trinajstić information content (AvgIpc) is 2.86. The first kappa shape index (κ1) is 13.3. The van der Waals surface area contributed by atoms with Crippen LogP contribution in [0.3, 0.4) is 0 Å². The van der Waals surface area contributed by atoms with Gasteiger partial charge in [0.1, 0.15) is 11.6 Å². The molecule has 1 aromatic carbocycles. The minimum Gasteiger partial charge on any atom is -0.312 e. The molecule has 0 fully saturated rings. The Morgan fingerprint density at radius 3 is 2.95 bits per heavy atom. The van der Waals surface area contributed by atoms with E-state index >= 15 is 0 Å². The molecule has 3 rings (SSSR count). The molecule has 0 bridgehead atoms. The normalized spacial score (nSPS) is 18.0. The third kappa shape index (κ3) is 2.48. The van der Waals surface area contributed by atoms with Crippen molar-refractivity contribution in [3.63, 3.8) is 0 Å². The fourth-order valence-corrected chi connectivity index (χ4v) is 2.92. The fourth-order valence-electron chi connectivity index (χ4n) is 2.92. The highest BCUT2D eigenvalue weighted by molar-refractivity contribution is 5.28. The molecule has 0 radical (unpaired) electrons. The molecule has 1 atom stereocenters. The molecule has 0 aliphatic carbocycles. The van der Waals surface area contributed by atoms with E-state index in [-0.39, 0.29) is 0 Å². The highest BCUT2D eigenvalue weighted by Gasteiger charge is 2.24. The number of aromatic nitrogens is 3. The molecule has 20 heavy (non-hydrogen) atoms. The van der Waals surface area contributed by atoms with Gasteiger partial charge in [-0.25, -0.2) is 0 Å². The third-order valence-corrected chi connectivity index (χ3v) is 4.08. The zero-order chi connectivity index (χ0) is 13.9. The van der Waals surface area contributed by atoms with Crippen LogP contribution < -0.4 is 5.32 Å². The van der Waals surface area contributed by atoms with E-state index < -0.39 is 0 Å². The lowest BCUT2D eigenvalue weighted by molar-refractivity contribution is 0.388. The van der Waals surface area contributed by atoms with Crippen molar-refractivity contribution in [1.82, 2.24) is 20.1 Å². The maximum atomic E-state index is 4.44. The SMILES string of the molecule is CCCC1NCCn2c(Cc3ccccc3C)nnc21. The Hall–Kier alpha value is -1.68. The van der Waals surface area contributed by atoms with Gasteiger partial charge in [0.25, 0.3) is 0 Å². The number of nitrogens with one attached hydrogen (secondary N) is 1. The molecule has 1 aromatic heterocycles. The van der Waals surface area contributed by atoms with Crippen LogP contribution in [0.5, 0.6) is 0 Å². The Morgan fingerprint density at radius 2 is 2.15 bits per heavy atom. The minimum absolute atomic E-state index is 0.367. The Balaban J connectivity index is 1.87. The fraction of sp³-hybridized carbons (Fsp3) is 0.500. The van der Waals surface area contributed by atoms with Crippen LogP contribution in [-0.4, -0.2) is 21.3 Å². The lowest BCUT2D eigenvalue weighted by Crippen LogP contribution is -2.34. The van der Waals surface area contributed by atoms with Crippen molar-refractivity contribution in [2.45, 2.75) is 45.7 Å². The summed E-state index contributed by atoms with van der Waals surface area (Å²) in [6, 6.07) is 8.88. The Kier molecular flexibility index (Phi) is 3.83. The molecule has 1 N–H and O–H groups in total. The Morgan fingerprint density at radius 1 is 1.30 bits per heavy atom. The predicted octanol–water partition coefficient (Wildman–Crippen LogP) is 2.62. The Bertz CT molecular complexity index is 588. The number of nitrogens with zero attached hydrogens (tertiary/aromatic N) is 3. The zero-order valence-corrected chi connectivity index (χ0v) is 12.3. The van der Waals surface area contributed by atoms with E-state index in [0.717, 1.165) is 44.0 Å². The molecule has 2 aromatic rings. The van der Waals surface area contributed by atoms with Gasteiger partial charge >= 0.3 is 0 Å². The van der Waals surface area contributed by atoms with E-state index in [0.29, 0.717) is 6.04 Å². The summed E-state index contributed by atoms with van der Waals surface area (Å²) in [6.45, 7) is 6.36. The molecule has 0 saturated carbocycles. The number of rotatable bonds is 4. The molecule has 0 saturated heterocycles. The second kappa shape index (κ2) is 5.75. The number of hydrogen-bond acceptors (Lipinski definition) is 3. The second-order valence-corrected chi connectivity index (χ2v) is 5.52. The van der Waals surface area contributed by atoms with E-state index in [4.69, 9.17) is 0 Å². The van der Waals surface area contributed by atoms with Gasteiger partial charge in [-0.1, -0.05) is 37.6 Å². The van der Waals surface area contributed by atoms with E-state index in [1.54, 1.807) is 0 Å². The van der Waals surface area contributed by atoms with Crippen LogP contribution in [0.2, 0.25) is 0 Å². The van der Waals surface area contributed by atoms with Crippen molar-refractivity contribution in [1.29, 1.82) is 0 Å². The molecule has 4 nitrogen and oxygen atoms in total. The molecule has 1 unspecified atom stereocenters. The number of fused-ring (bicyclic) bond motifs is 1. The first-order valence-corrected chi connectivity index (χ1v) is 7.49. The molecular formula is C16H22N4. The van der Waals surface area contributed by atoms with Crippen LogP contribution >= 0.6 is 0 Å². The summed E-state index contributed by atoms with van der Waals surface area (Å²) >= 11 is 0. The van der Waals surface area contributed by atoms with Crippen molar-refractivity contribution in [2.24, 2.45) is 0 Å². The second-order valence-electron chi connectivity index (χ2n) is 5.52. The monoisotopic (exact) mass is 270 g/mol. The third-order valence-electron chi connectivity index (χ3n) is 4.08. The number of aryl methyl sites for hydroxylation is 1. The smallest absolute Gasteiger partial charge is 0.150 e. The maximum absolute atomic E-state index is 4.44. The molecule has 0 amide bonds. The van der Waals surface area contributed by atoms with Crippen molar-refractivity contribution >= 4 is 0 Å². The van der Waals surface area contributed by atoms with Crippen LogP contribution in [0.25, 0.3) is 0 Å². The van der Waals surface area contributed by atoms with Gasteiger partial charge < -0.3 is 9.88 Å². The summed E-state index contributed by atoms with van der Waals surface area (Å²) in [5.41, 5.74) is 2.66. The van der Waals surface area contributed by atoms with Crippen LogP contribution in [0.15, 0.2) is 24.3 Å². The van der Waals surface area contributed by atoms with Crippen molar-refractivity contribution < 1.29 is 0 Å². The van der Waals surface area contributed by atoms with Crippen molar-refractivity contribution in [3.05, 3.63) is 47.0 Å². The Labute approximate surface area is 120 Å². The molecule has 1 aliphatic rings. The van der Waals surface area contributed by atoms with Crippen LogP contribution in [-0.2, 0) is 13.0 Å². The summed E-state index contributed by atoms with van der Waals surface area (Å²) in [7, 11) is 0. The average molecular weight is 270 g/mol. The summed E-state index contributed by atoms with van der Waals surface area (Å²) in [5.74, 6) is 2.21. The van der Waals surface area contributed by atoms with Gasteiger partial charge in [-0.2, -0.15) is 0 Å². The standard InChI is InChI=1S/C16H22N4/c1-3-6-14-16-19-18-15(20(16)10-9-17-14)11-13-8-5-4-7-12(13)2/h4-5,7-8,14,17H,3,6,9-11H2,1-2H3. The highest BCUT2D eigenvalue weighted by Crippen LogP contribution is 2.22. The summed E-state index contributed by atoms with van der Waals surface area (Å²) in [5, 5.41) is 12.4. The van der Waals surface area contributed by atoms with Gasteiger partial charge in [0.05, 0.1) is 6.04 Å². The van der Waals surface area contributed by atoms with E-state index in [1.165, 1.54) is 11.1 Å². The lowest BCUT2D eigenvalue weighted by Gasteiger charge is -2.24. The maximum Gasteiger partial charge on any atom is 0.150 e.